The molecule has 0 aliphatic carbocycles. The monoisotopic (exact) mass is 189 g/mol. The van der Waals surface area contributed by atoms with Crippen molar-refractivity contribution in [2.75, 3.05) is 6.54 Å². The van der Waals surface area contributed by atoms with E-state index >= 15 is 0 Å². The number of carbonyl (C=O) groups is 1. The molecule has 1 aromatic heterocycles. The molecule has 0 unspecified atom stereocenters. The number of nitrogens with one attached hydrogen (secondary N) is 1. The number of rotatable bonds is 1. The maximum absolute atomic E-state index is 11.4. The van der Waals surface area contributed by atoms with Gasteiger partial charge in [-0.25, -0.2) is 0 Å². The molecule has 0 aromatic carbocycles. The number of carbonyl (C=O) groups excluding carboxylic acids is 1. The Morgan fingerprint density at radius 1 is 1.71 bits per heavy atom. The fourth-order valence-corrected chi connectivity index (χ4v) is 1.74. The maximum atomic E-state index is 11.4. The third kappa shape index (κ3) is 1.49. The summed E-state index contributed by atoms with van der Waals surface area (Å²) in [5.41, 5.74) is 2.38. The molecule has 1 aromatic rings. The lowest BCUT2D eigenvalue weighted by molar-refractivity contribution is -0.131. The van der Waals surface area contributed by atoms with Gasteiger partial charge in [0.1, 0.15) is 6.42 Å². The van der Waals surface area contributed by atoms with E-state index in [1.807, 2.05) is 18.3 Å². The minimum atomic E-state index is -0.0700. The topological polar surface area (TPSA) is 59.9 Å². The summed E-state index contributed by atoms with van der Waals surface area (Å²) in [7, 11) is 0. The molecule has 0 saturated carbocycles. The number of amides is 1. The van der Waals surface area contributed by atoms with Gasteiger partial charge in [-0.3, -0.25) is 4.79 Å². The van der Waals surface area contributed by atoms with E-state index in [9.17, 15) is 4.79 Å². The molecule has 4 nitrogen and oxygen atoms in total. The average Bonchev–Trinajstić information content (AvgIpc) is 2.64. The molecule has 0 spiro atoms. The van der Waals surface area contributed by atoms with Gasteiger partial charge in [0, 0.05) is 31.4 Å². The van der Waals surface area contributed by atoms with E-state index < -0.39 is 0 Å². The van der Waals surface area contributed by atoms with Crippen LogP contribution in [0.1, 0.15) is 17.7 Å². The van der Waals surface area contributed by atoms with Crippen LogP contribution in [-0.2, 0) is 17.8 Å². The Labute approximate surface area is 82.1 Å². The molecular formula is C10H11N3O. The molecule has 2 rings (SSSR count). The lowest BCUT2D eigenvalue weighted by Gasteiger charge is -2.26. The van der Waals surface area contributed by atoms with Crippen molar-refractivity contribution in [2.45, 2.75) is 19.4 Å². The van der Waals surface area contributed by atoms with Gasteiger partial charge in [-0.15, -0.1) is 0 Å². The number of nitriles is 1. The summed E-state index contributed by atoms with van der Waals surface area (Å²) in [6.45, 7) is 1.35. The first-order chi connectivity index (χ1) is 6.81. The first-order valence-corrected chi connectivity index (χ1v) is 4.61. The van der Waals surface area contributed by atoms with Crippen molar-refractivity contribution in [2.24, 2.45) is 0 Å². The highest BCUT2D eigenvalue weighted by Crippen LogP contribution is 2.17. The SMILES string of the molecule is N#CCC(=O)N1CCc2[nH]ccc2C1. The number of aromatic nitrogens is 1. The number of hydrogen-bond acceptors (Lipinski definition) is 2. The zero-order valence-electron chi connectivity index (χ0n) is 7.79. The van der Waals surface area contributed by atoms with E-state index in [4.69, 9.17) is 5.26 Å². The van der Waals surface area contributed by atoms with Crippen LogP contribution in [0.5, 0.6) is 0 Å². The molecule has 2 heterocycles. The largest absolute Gasteiger partial charge is 0.365 e. The maximum Gasteiger partial charge on any atom is 0.237 e. The van der Waals surface area contributed by atoms with Crippen LogP contribution in [0, 0.1) is 11.3 Å². The molecule has 1 N–H and O–H groups in total. The molecule has 0 fully saturated rings. The predicted molar refractivity (Wildman–Crippen MR) is 50.1 cm³/mol. The molecule has 0 saturated heterocycles. The highest BCUT2D eigenvalue weighted by Gasteiger charge is 2.20. The van der Waals surface area contributed by atoms with E-state index in [0.717, 1.165) is 6.42 Å². The second kappa shape index (κ2) is 3.54. The fraction of sp³-hybridized carbons (Fsp3) is 0.400. The molecular weight excluding hydrogens is 178 g/mol. The second-order valence-electron chi connectivity index (χ2n) is 3.38. The van der Waals surface area contributed by atoms with Crippen LogP contribution in [0.4, 0.5) is 0 Å². The zero-order chi connectivity index (χ0) is 9.97. The standard InChI is InChI=1S/C10H11N3O/c11-4-1-10(14)13-6-3-9-8(7-13)2-5-12-9/h2,5,12H,1,3,6-7H2. The number of fused-ring (bicyclic) bond motifs is 1. The van der Waals surface area contributed by atoms with Crippen LogP contribution in [0.15, 0.2) is 12.3 Å². The van der Waals surface area contributed by atoms with E-state index in [0.29, 0.717) is 13.1 Å². The molecule has 4 heteroatoms. The van der Waals surface area contributed by atoms with Crippen molar-refractivity contribution in [1.29, 1.82) is 5.26 Å². The fourth-order valence-electron chi connectivity index (χ4n) is 1.74. The Morgan fingerprint density at radius 2 is 2.57 bits per heavy atom. The molecule has 1 amide bonds. The Kier molecular flexibility index (Phi) is 2.23. The van der Waals surface area contributed by atoms with E-state index in [-0.39, 0.29) is 12.3 Å². The van der Waals surface area contributed by atoms with E-state index in [2.05, 4.69) is 4.98 Å². The summed E-state index contributed by atoms with van der Waals surface area (Å²) >= 11 is 0. The molecule has 0 radical (unpaired) electrons. The number of H-pyrrole nitrogens is 1. The molecule has 0 bridgehead atoms. The normalized spacial score (nSPS) is 14.6. The Morgan fingerprint density at radius 3 is 3.36 bits per heavy atom. The van der Waals surface area contributed by atoms with Gasteiger partial charge in [0.25, 0.3) is 0 Å². The molecule has 14 heavy (non-hydrogen) atoms. The quantitative estimate of drug-likeness (QED) is 0.710. The Bertz CT molecular complexity index is 388. The van der Waals surface area contributed by atoms with Crippen LogP contribution in [-0.4, -0.2) is 22.3 Å². The molecule has 1 aliphatic heterocycles. The third-order valence-electron chi connectivity index (χ3n) is 2.51. The van der Waals surface area contributed by atoms with Gasteiger partial charge in [-0.05, 0) is 11.6 Å². The van der Waals surface area contributed by atoms with E-state index in [1.54, 1.807) is 4.90 Å². The van der Waals surface area contributed by atoms with Crippen LogP contribution < -0.4 is 0 Å². The first kappa shape index (κ1) is 8.82. The minimum absolute atomic E-state index is 0.0141. The number of aromatic amines is 1. The van der Waals surface area contributed by atoms with Crippen molar-refractivity contribution in [3.8, 4) is 6.07 Å². The highest BCUT2D eigenvalue weighted by molar-refractivity contribution is 5.78. The molecule has 0 atom stereocenters. The first-order valence-electron chi connectivity index (χ1n) is 4.61. The van der Waals surface area contributed by atoms with Gasteiger partial charge in [-0.2, -0.15) is 5.26 Å². The predicted octanol–water partition coefficient (Wildman–Crippen LogP) is 0.813. The van der Waals surface area contributed by atoms with Gasteiger partial charge >= 0.3 is 0 Å². The summed E-state index contributed by atoms with van der Waals surface area (Å²) in [5, 5.41) is 8.42. The van der Waals surface area contributed by atoms with Gasteiger partial charge in [-0.1, -0.05) is 0 Å². The van der Waals surface area contributed by atoms with Crippen LogP contribution >= 0.6 is 0 Å². The van der Waals surface area contributed by atoms with Gasteiger partial charge in [0.2, 0.25) is 5.91 Å². The Balaban J connectivity index is 2.08. The molecule has 72 valence electrons. The van der Waals surface area contributed by atoms with Crippen LogP contribution in [0.2, 0.25) is 0 Å². The van der Waals surface area contributed by atoms with Gasteiger partial charge < -0.3 is 9.88 Å². The second-order valence-corrected chi connectivity index (χ2v) is 3.38. The van der Waals surface area contributed by atoms with Crippen LogP contribution in [0.3, 0.4) is 0 Å². The van der Waals surface area contributed by atoms with Crippen molar-refractivity contribution in [3.05, 3.63) is 23.5 Å². The summed E-state index contributed by atoms with van der Waals surface area (Å²) in [6.07, 6.45) is 2.74. The van der Waals surface area contributed by atoms with Crippen molar-refractivity contribution >= 4 is 5.91 Å². The Hall–Kier alpha value is -1.76. The minimum Gasteiger partial charge on any atom is -0.365 e. The van der Waals surface area contributed by atoms with Crippen molar-refractivity contribution < 1.29 is 4.79 Å². The number of nitrogens with zero attached hydrogens (tertiary/aromatic N) is 2. The lowest BCUT2D eigenvalue weighted by atomic mass is 10.1. The summed E-state index contributed by atoms with van der Waals surface area (Å²) < 4.78 is 0. The summed E-state index contributed by atoms with van der Waals surface area (Å²) in [5.74, 6) is -0.0700. The van der Waals surface area contributed by atoms with Crippen LogP contribution in [0.25, 0.3) is 0 Å². The van der Waals surface area contributed by atoms with E-state index in [1.165, 1.54) is 11.3 Å². The van der Waals surface area contributed by atoms with Crippen molar-refractivity contribution in [1.82, 2.24) is 9.88 Å². The third-order valence-corrected chi connectivity index (χ3v) is 2.51. The smallest absolute Gasteiger partial charge is 0.237 e. The average molecular weight is 189 g/mol. The number of hydrogen-bond donors (Lipinski definition) is 1. The lowest BCUT2D eigenvalue weighted by Crippen LogP contribution is -2.35. The summed E-state index contributed by atoms with van der Waals surface area (Å²) in [4.78, 5) is 16.3. The summed E-state index contributed by atoms with van der Waals surface area (Å²) in [6, 6.07) is 3.87. The van der Waals surface area contributed by atoms with Gasteiger partial charge in [0.05, 0.1) is 6.07 Å². The highest BCUT2D eigenvalue weighted by atomic mass is 16.2. The molecule has 1 aliphatic rings. The van der Waals surface area contributed by atoms with Gasteiger partial charge in [0.15, 0.2) is 0 Å². The van der Waals surface area contributed by atoms with Crippen molar-refractivity contribution in [3.63, 3.8) is 0 Å². The zero-order valence-corrected chi connectivity index (χ0v) is 7.79.